The second kappa shape index (κ2) is 7.95. The van der Waals surface area contributed by atoms with Gasteiger partial charge in [0.15, 0.2) is 5.17 Å². The molecule has 1 N–H and O–H groups in total. The van der Waals surface area contributed by atoms with Crippen molar-refractivity contribution in [2.45, 2.75) is 38.6 Å². The van der Waals surface area contributed by atoms with Crippen LogP contribution in [0.15, 0.2) is 46.3 Å². The maximum Gasteiger partial charge on any atom is 0.264 e. The topological polar surface area (TPSA) is 44.7 Å². The Labute approximate surface area is 191 Å². The van der Waals surface area contributed by atoms with Crippen molar-refractivity contribution in [2.24, 2.45) is 4.99 Å². The van der Waals surface area contributed by atoms with Crippen LogP contribution in [-0.2, 0) is 4.79 Å². The fraction of sp³-hybridized carbons (Fsp3) is 0.304. The van der Waals surface area contributed by atoms with Gasteiger partial charge in [-0.3, -0.25) is 4.79 Å². The molecule has 2 aliphatic rings. The zero-order valence-electron chi connectivity index (χ0n) is 17.3. The summed E-state index contributed by atoms with van der Waals surface area (Å²) in [6.45, 7) is 6.74. The van der Waals surface area contributed by atoms with Crippen LogP contribution in [0.2, 0.25) is 10.0 Å². The van der Waals surface area contributed by atoms with Gasteiger partial charge in [-0.05, 0) is 91.5 Å². The number of hydrogen-bond acceptors (Lipinski definition) is 4. The van der Waals surface area contributed by atoms with E-state index in [1.807, 2.05) is 24.3 Å². The van der Waals surface area contributed by atoms with Crippen molar-refractivity contribution in [1.82, 2.24) is 5.32 Å². The minimum absolute atomic E-state index is 0.0734. The molecule has 1 saturated heterocycles. The van der Waals surface area contributed by atoms with E-state index in [-0.39, 0.29) is 11.4 Å². The third-order valence-electron chi connectivity index (χ3n) is 5.75. The molecule has 156 valence electrons. The first kappa shape index (κ1) is 21.3. The fourth-order valence-electron chi connectivity index (χ4n) is 3.97. The average molecular weight is 460 g/mol. The molecule has 1 fully saturated rings. The summed E-state index contributed by atoms with van der Waals surface area (Å²) in [6, 6.07) is 11.3. The highest BCUT2D eigenvalue weighted by Crippen LogP contribution is 2.45. The van der Waals surface area contributed by atoms with Gasteiger partial charge in [-0.15, -0.1) is 0 Å². The van der Waals surface area contributed by atoms with E-state index < -0.39 is 0 Å². The number of anilines is 1. The highest BCUT2D eigenvalue weighted by Gasteiger charge is 2.34. The van der Waals surface area contributed by atoms with E-state index in [1.165, 1.54) is 17.3 Å². The molecule has 4 rings (SSSR count). The van der Waals surface area contributed by atoms with Gasteiger partial charge in [0.05, 0.1) is 10.6 Å². The van der Waals surface area contributed by atoms with Crippen molar-refractivity contribution in [2.75, 3.05) is 11.9 Å². The highest BCUT2D eigenvalue weighted by atomic mass is 35.5. The van der Waals surface area contributed by atoms with Gasteiger partial charge < -0.3 is 10.2 Å². The van der Waals surface area contributed by atoms with Crippen LogP contribution in [0.25, 0.3) is 6.08 Å². The average Bonchev–Trinajstić information content (AvgIpc) is 3.01. The van der Waals surface area contributed by atoms with Gasteiger partial charge in [0.2, 0.25) is 0 Å². The number of amides is 1. The lowest BCUT2D eigenvalue weighted by Gasteiger charge is -2.45. The summed E-state index contributed by atoms with van der Waals surface area (Å²) >= 11 is 13.8. The standard InChI is InChI=1S/C23H23Cl2N3OS/c1-13-12-23(2,3)28(4)19-11-18(25)14(9-17(13)19)10-20-21(29)27-22(30-20)26-16-7-5-15(24)6-8-16/h5-11,13H,12H2,1-4H3,(H,26,27,29)/b20-10-. The number of nitrogens with zero attached hydrogens (tertiary/aromatic N) is 2. The second-order valence-corrected chi connectivity index (χ2v) is 10.2. The lowest BCUT2D eigenvalue weighted by atomic mass is 9.80. The number of aliphatic imine (C=N–C) groups is 1. The molecule has 1 amide bonds. The summed E-state index contributed by atoms with van der Waals surface area (Å²) in [6.07, 6.45) is 2.90. The van der Waals surface area contributed by atoms with E-state index in [2.05, 4.69) is 49.1 Å². The van der Waals surface area contributed by atoms with E-state index >= 15 is 0 Å². The lowest BCUT2D eigenvalue weighted by Crippen LogP contribution is -2.45. The van der Waals surface area contributed by atoms with Crippen LogP contribution in [0, 0.1) is 0 Å². The van der Waals surface area contributed by atoms with Crippen LogP contribution in [0.5, 0.6) is 0 Å². The van der Waals surface area contributed by atoms with E-state index in [0.29, 0.717) is 26.0 Å². The number of thioether (sulfide) groups is 1. The van der Waals surface area contributed by atoms with Gasteiger partial charge in [0, 0.05) is 28.3 Å². The summed E-state index contributed by atoms with van der Waals surface area (Å²) in [7, 11) is 2.11. The molecule has 7 heteroatoms. The fourth-order valence-corrected chi connectivity index (χ4v) is 5.14. The summed E-state index contributed by atoms with van der Waals surface area (Å²) in [4.78, 5) is 19.8. The quantitative estimate of drug-likeness (QED) is 0.513. The first-order chi connectivity index (χ1) is 14.1. The highest BCUT2D eigenvalue weighted by molar-refractivity contribution is 8.18. The van der Waals surface area contributed by atoms with E-state index in [9.17, 15) is 4.79 Å². The maximum atomic E-state index is 12.5. The lowest BCUT2D eigenvalue weighted by molar-refractivity contribution is -0.115. The molecule has 4 nitrogen and oxygen atoms in total. The molecule has 2 aromatic rings. The number of carbonyl (C=O) groups is 1. The minimum atomic E-state index is -0.173. The molecule has 0 spiro atoms. The first-order valence-corrected chi connectivity index (χ1v) is 11.3. The van der Waals surface area contributed by atoms with E-state index in [4.69, 9.17) is 23.2 Å². The number of halogens is 2. The zero-order valence-corrected chi connectivity index (χ0v) is 19.6. The van der Waals surface area contributed by atoms with Gasteiger partial charge in [0.25, 0.3) is 5.91 Å². The van der Waals surface area contributed by atoms with Gasteiger partial charge in [-0.2, -0.15) is 0 Å². The molecule has 0 radical (unpaired) electrons. The summed E-state index contributed by atoms with van der Waals surface area (Å²) in [5.41, 5.74) is 4.06. The summed E-state index contributed by atoms with van der Waals surface area (Å²) in [5, 5.41) is 4.64. The predicted molar refractivity (Wildman–Crippen MR) is 129 cm³/mol. The van der Waals surface area contributed by atoms with Gasteiger partial charge >= 0.3 is 0 Å². The number of carbonyl (C=O) groups excluding carboxylic acids is 1. The Kier molecular flexibility index (Phi) is 5.64. The Morgan fingerprint density at radius 3 is 2.63 bits per heavy atom. The third-order valence-corrected chi connectivity index (χ3v) is 7.24. The Morgan fingerprint density at radius 2 is 1.93 bits per heavy atom. The second-order valence-electron chi connectivity index (χ2n) is 8.37. The van der Waals surface area contributed by atoms with E-state index in [0.717, 1.165) is 23.4 Å². The largest absolute Gasteiger partial charge is 0.369 e. The smallest absolute Gasteiger partial charge is 0.264 e. The SMILES string of the molecule is CC1CC(C)(C)N(C)c2cc(Cl)c(/C=C3\SC(=Nc4ccc(Cl)cc4)NC3=O)cc21. The minimum Gasteiger partial charge on any atom is -0.369 e. The Bertz CT molecular complexity index is 1080. The predicted octanol–water partition coefficient (Wildman–Crippen LogP) is 6.61. The first-order valence-electron chi connectivity index (χ1n) is 9.76. The van der Waals surface area contributed by atoms with Crippen LogP contribution >= 0.6 is 35.0 Å². The Balaban J connectivity index is 1.64. The zero-order chi connectivity index (χ0) is 21.6. The molecule has 2 aromatic carbocycles. The van der Waals surface area contributed by atoms with Crippen molar-refractivity contribution >= 4 is 63.5 Å². The molecule has 2 heterocycles. The Morgan fingerprint density at radius 1 is 1.23 bits per heavy atom. The molecule has 0 bridgehead atoms. The van der Waals surface area contributed by atoms with Crippen molar-refractivity contribution in [3.05, 3.63) is 62.5 Å². The molecule has 0 saturated carbocycles. The normalized spacial score (nSPS) is 23.1. The number of fused-ring (bicyclic) bond motifs is 1. The van der Waals surface area contributed by atoms with Crippen molar-refractivity contribution in [3.8, 4) is 0 Å². The molecule has 1 atom stereocenters. The van der Waals surface area contributed by atoms with Crippen LogP contribution in [0.4, 0.5) is 11.4 Å². The molecule has 0 aliphatic carbocycles. The summed E-state index contributed by atoms with van der Waals surface area (Å²) < 4.78 is 0. The van der Waals surface area contributed by atoms with Crippen molar-refractivity contribution < 1.29 is 4.79 Å². The van der Waals surface area contributed by atoms with Gasteiger partial charge in [0.1, 0.15) is 0 Å². The molecule has 30 heavy (non-hydrogen) atoms. The maximum absolute atomic E-state index is 12.5. The van der Waals surface area contributed by atoms with E-state index in [1.54, 1.807) is 12.1 Å². The molecule has 1 unspecified atom stereocenters. The number of amidine groups is 1. The van der Waals surface area contributed by atoms with Crippen LogP contribution < -0.4 is 10.2 Å². The number of benzene rings is 2. The molecule has 0 aromatic heterocycles. The third kappa shape index (κ3) is 4.11. The van der Waals surface area contributed by atoms with Crippen LogP contribution in [0.1, 0.15) is 44.2 Å². The Hall–Kier alpha value is -1.95. The van der Waals surface area contributed by atoms with Crippen LogP contribution in [-0.4, -0.2) is 23.7 Å². The molecule has 2 aliphatic heterocycles. The number of hydrogen-bond donors (Lipinski definition) is 1. The van der Waals surface area contributed by atoms with Gasteiger partial charge in [-0.25, -0.2) is 4.99 Å². The summed E-state index contributed by atoms with van der Waals surface area (Å²) in [5.74, 6) is 0.237. The number of nitrogens with one attached hydrogen (secondary N) is 1. The van der Waals surface area contributed by atoms with Crippen molar-refractivity contribution in [3.63, 3.8) is 0 Å². The van der Waals surface area contributed by atoms with Gasteiger partial charge in [-0.1, -0.05) is 30.1 Å². The van der Waals surface area contributed by atoms with Crippen molar-refractivity contribution in [1.29, 1.82) is 0 Å². The van der Waals surface area contributed by atoms with Crippen LogP contribution in [0.3, 0.4) is 0 Å². The molecular formula is C23H23Cl2N3OS. The number of rotatable bonds is 2. The molecular weight excluding hydrogens is 437 g/mol. The monoisotopic (exact) mass is 459 g/mol.